The van der Waals surface area contributed by atoms with Crippen molar-refractivity contribution >= 4 is 18.1 Å². The number of hydrogen-bond acceptors (Lipinski definition) is 4. The number of hydrogen-bond donors (Lipinski definition) is 1. The fourth-order valence-corrected chi connectivity index (χ4v) is 1.58. The molecule has 0 aliphatic carbocycles. The third kappa shape index (κ3) is 2.07. The predicted molar refractivity (Wildman–Crippen MR) is 57.3 cm³/mol. The molecule has 16 heavy (non-hydrogen) atoms. The van der Waals surface area contributed by atoms with Gasteiger partial charge in [-0.3, -0.25) is 10.1 Å². The molecule has 1 atom stereocenters. The van der Waals surface area contributed by atoms with Crippen LogP contribution in [0.2, 0.25) is 0 Å². The number of non-ortho nitro benzene ring substituents is 1. The van der Waals surface area contributed by atoms with Crippen molar-refractivity contribution in [3.8, 4) is 5.75 Å². The zero-order valence-electron chi connectivity index (χ0n) is 8.18. The molecule has 0 radical (unpaired) electrons. The summed E-state index contributed by atoms with van der Waals surface area (Å²) in [4.78, 5) is 9.85. The Bertz CT molecular complexity index is 427. The first kappa shape index (κ1) is 12.7. The third-order valence-corrected chi connectivity index (χ3v) is 2.34. The van der Waals surface area contributed by atoms with E-state index in [0.717, 1.165) is 6.07 Å². The summed E-state index contributed by atoms with van der Waals surface area (Å²) in [6.07, 6.45) is 0.535. The number of ether oxygens (including phenoxy) is 1. The van der Waals surface area contributed by atoms with Crippen LogP contribution in [0.1, 0.15) is 18.0 Å². The van der Waals surface area contributed by atoms with E-state index in [1.165, 1.54) is 6.07 Å². The average molecular weight is 249 g/mol. The molecule has 2 N–H and O–H groups in total. The lowest BCUT2D eigenvalue weighted by Gasteiger charge is -2.22. The van der Waals surface area contributed by atoms with Gasteiger partial charge in [-0.15, -0.1) is 12.4 Å². The molecule has 0 saturated heterocycles. The zero-order chi connectivity index (χ0) is 11.0. The van der Waals surface area contributed by atoms with Gasteiger partial charge in [0, 0.05) is 24.1 Å². The summed E-state index contributed by atoms with van der Waals surface area (Å²) in [6, 6.07) is 1.71. The molecule has 0 saturated carbocycles. The first-order valence-electron chi connectivity index (χ1n) is 4.46. The SMILES string of the molecule is Cl.N[C@H]1CCOc2c(F)cc([N+](=O)[O-])cc21. The van der Waals surface area contributed by atoms with E-state index >= 15 is 0 Å². The molecular formula is C9H10ClFN2O3. The minimum atomic E-state index is -0.727. The molecule has 1 heterocycles. The molecule has 5 nitrogen and oxygen atoms in total. The van der Waals surface area contributed by atoms with Gasteiger partial charge in [0.05, 0.1) is 17.6 Å². The molecule has 1 aromatic rings. The number of nitro groups is 1. The number of nitro benzene ring substituents is 1. The summed E-state index contributed by atoms with van der Waals surface area (Å²) in [5.41, 5.74) is 5.78. The van der Waals surface area contributed by atoms with Gasteiger partial charge in [-0.25, -0.2) is 4.39 Å². The van der Waals surface area contributed by atoms with E-state index in [2.05, 4.69) is 0 Å². The molecule has 0 amide bonds. The van der Waals surface area contributed by atoms with Crippen LogP contribution < -0.4 is 10.5 Å². The molecule has 1 aliphatic heterocycles. The van der Waals surface area contributed by atoms with Crippen molar-refractivity contribution in [2.24, 2.45) is 5.73 Å². The molecule has 0 aromatic heterocycles. The summed E-state index contributed by atoms with van der Waals surface area (Å²) in [6.45, 7) is 0.336. The van der Waals surface area contributed by atoms with Crippen molar-refractivity contribution in [1.29, 1.82) is 0 Å². The molecule has 0 unspecified atom stereocenters. The molecule has 0 spiro atoms. The highest BCUT2D eigenvalue weighted by atomic mass is 35.5. The minimum Gasteiger partial charge on any atom is -0.490 e. The first-order valence-corrected chi connectivity index (χ1v) is 4.46. The summed E-state index contributed by atoms with van der Waals surface area (Å²) in [5.74, 6) is -0.686. The van der Waals surface area contributed by atoms with Gasteiger partial charge in [0.1, 0.15) is 0 Å². The van der Waals surface area contributed by atoms with Crippen molar-refractivity contribution in [3.05, 3.63) is 33.6 Å². The molecule has 0 fully saturated rings. The Balaban J connectivity index is 0.00000128. The number of fused-ring (bicyclic) bond motifs is 1. The van der Waals surface area contributed by atoms with Crippen molar-refractivity contribution in [1.82, 2.24) is 0 Å². The summed E-state index contributed by atoms with van der Waals surface area (Å²) < 4.78 is 18.5. The van der Waals surface area contributed by atoms with Crippen LogP contribution in [0.5, 0.6) is 5.75 Å². The average Bonchev–Trinajstić information content (AvgIpc) is 2.19. The molecular weight excluding hydrogens is 239 g/mol. The minimum absolute atomic E-state index is 0. The van der Waals surface area contributed by atoms with E-state index in [1.807, 2.05) is 0 Å². The van der Waals surface area contributed by atoms with E-state index in [1.54, 1.807) is 0 Å². The van der Waals surface area contributed by atoms with Gasteiger partial charge in [-0.2, -0.15) is 0 Å². The summed E-state index contributed by atoms with van der Waals surface area (Å²) in [5, 5.41) is 10.5. The Morgan fingerprint density at radius 2 is 2.25 bits per heavy atom. The second-order valence-corrected chi connectivity index (χ2v) is 3.35. The van der Waals surface area contributed by atoms with Gasteiger partial charge < -0.3 is 10.5 Å². The van der Waals surface area contributed by atoms with Gasteiger partial charge in [-0.05, 0) is 0 Å². The Morgan fingerprint density at radius 3 is 2.88 bits per heavy atom. The van der Waals surface area contributed by atoms with Crippen molar-refractivity contribution in [3.63, 3.8) is 0 Å². The van der Waals surface area contributed by atoms with Crippen molar-refractivity contribution < 1.29 is 14.1 Å². The Morgan fingerprint density at radius 1 is 1.56 bits per heavy atom. The van der Waals surface area contributed by atoms with Crippen molar-refractivity contribution in [2.45, 2.75) is 12.5 Å². The standard InChI is InChI=1S/C9H9FN2O3.ClH/c10-7-4-5(12(13)14)3-6-8(11)1-2-15-9(6)7;/h3-4,8H,1-2,11H2;1H/t8-;/m0./s1. The molecule has 7 heteroatoms. The lowest BCUT2D eigenvalue weighted by Crippen LogP contribution is -2.21. The van der Waals surface area contributed by atoms with Crippen LogP contribution >= 0.6 is 12.4 Å². The number of rotatable bonds is 1. The predicted octanol–water partition coefficient (Wildman–Crippen LogP) is 1.94. The maximum absolute atomic E-state index is 13.4. The monoisotopic (exact) mass is 248 g/mol. The molecule has 88 valence electrons. The van der Waals surface area contributed by atoms with Crippen LogP contribution in [-0.2, 0) is 0 Å². The Kier molecular flexibility index (Phi) is 3.66. The lowest BCUT2D eigenvalue weighted by atomic mass is 10.0. The van der Waals surface area contributed by atoms with Gasteiger partial charge in [0.25, 0.3) is 5.69 Å². The van der Waals surface area contributed by atoms with Crippen LogP contribution in [0.25, 0.3) is 0 Å². The molecule has 2 rings (SSSR count). The van der Waals surface area contributed by atoms with E-state index in [0.29, 0.717) is 18.6 Å². The largest absolute Gasteiger partial charge is 0.490 e. The van der Waals surface area contributed by atoms with Gasteiger partial charge in [0.2, 0.25) is 0 Å². The third-order valence-electron chi connectivity index (χ3n) is 2.34. The van der Waals surface area contributed by atoms with Gasteiger partial charge >= 0.3 is 0 Å². The van der Waals surface area contributed by atoms with Crippen LogP contribution in [0.15, 0.2) is 12.1 Å². The maximum Gasteiger partial charge on any atom is 0.272 e. The summed E-state index contributed by atoms with van der Waals surface area (Å²) in [7, 11) is 0. The van der Waals surface area contributed by atoms with Crippen LogP contribution in [-0.4, -0.2) is 11.5 Å². The molecule has 0 bridgehead atoms. The Labute approximate surface area is 96.9 Å². The molecule has 1 aliphatic rings. The second kappa shape index (κ2) is 4.63. The quantitative estimate of drug-likeness (QED) is 0.608. The fraction of sp³-hybridized carbons (Fsp3) is 0.333. The van der Waals surface area contributed by atoms with Gasteiger partial charge in [-0.1, -0.05) is 0 Å². The van der Waals surface area contributed by atoms with E-state index in [4.69, 9.17) is 10.5 Å². The fourth-order valence-electron chi connectivity index (χ4n) is 1.58. The van der Waals surface area contributed by atoms with E-state index < -0.39 is 16.8 Å². The molecule has 1 aromatic carbocycles. The van der Waals surface area contributed by atoms with Crippen LogP contribution in [0, 0.1) is 15.9 Å². The number of benzene rings is 1. The van der Waals surface area contributed by atoms with Crippen molar-refractivity contribution in [2.75, 3.05) is 6.61 Å². The highest BCUT2D eigenvalue weighted by molar-refractivity contribution is 5.85. The first-order chi connectivity index (χ1) is 7.09. The number of nitrogens with two attached hydrogens (primary N) is 1. The van der Waals surface area contributed by atoms with E-state index in [9.17, 15) is 14.5 Å². The highest BCUT2D eigenvalue weighted by Gasteiger charge is 2.25. The smallest absolute Gasteiger partial charge is 0.272 e. The maximum atomic E-state index is 13.4. The zero-order valence-corrected chi connectivity index (χ0v) is 9.00. The topological polar surface area (TPSA) is 78.4 Å². The normalized spacial score (nSPS) is 18.0. The van der Waals surface area contributed by atoms with Crippen LogP contribution in [0.4, 0.5) is 10.1 Å². The van der Waals surface area contributed by atoms with E-state index in [-0.39, 0.29) is 23.8 Å². The number of halogens is 2. The Hall–Kier alpha value is -1.40. The van der Waals surface area contributed by atoms with Crippen LogP contribution in [0.3, 0.4) is 0 Å². The lowest BCUT2D eigenvalue weighted by molar-refractivity contribution is -0.385. The summed E-state index contributed by atoms with van der Waals surface area (Å²) >= 11 is 0. The van der Waals surface area contributed by atoms with Gasteiger partial charge in [0.15, 0.2) is 11.6 Å². The number of nitrogens with zero attached hydrogens (tertiary/aromatic N) is 1. The highest BCUT2D eigenvalue weighted by Crippen LogP contribution is 2.35. The second-order valence-electron chi connectivity index (χ2n) is 3.35.